The molecule has 1 unspecified atom stereocenters. The van der Waals surface area contributed by atoms with Gasteiger partial charge in [0.05, 0.1) is 13.1 Å². The monoisotopic (exact) mass is 845 g/mol. The van der Waals surface area contributed by atoms with E-state index in [1.165, 1.54) is 0 Å². The van der Waals surface area contributed by atoms with Gasteiger partial charge in [0.25, 0.3) is 0 Å². The van der Waals surface area contributed by atoms with Gasteiger partial charge >= 0.3 is 36.2 Å². The Kier molecular flexibility index (Phi) is 17.9. The summed E-state index contributed by atoms with van der Waals surface area (Å²) in [6.07, 6.45) is -2.15. The first-order valence-electron chi connectivity index (χ1n) is 19.9. The molecule has 15 heteroatoms. The number of hydrogen-bond donors (Lipinski definition) is 3. The fourth-order valence-electron chi connectivity index (χ4n) is 5.86. The van der Waals surface area contributed by atoms with Gasteiger partial charge in [0.1, 0.15) is 40.4 Å². The van der Waals surface area contributed by atoms with Crippen molar-refractivity contribution in [1.82, 2.24) is 16.0 Å². The number of benzene rings is 5. The van der Waals surface area contributed by atoms with Gasteiger partial charge in [-0.1, -0.05) is 104 Å². The van der Waals surface area contributed by atoms with E-state index in [1.807, 2.05) is 0 Å². The maximum atomic E-state index is 14.4. The quantitative estimate of drug-likeness (QED) is 0.0367. The van der Waals surface area contributed by atoms with Gasteiger partial charge in [-0.2, -0.15) is 0 Å². The summed E-state index contributed by atoms with van der Waals surface area (Å²) in [5.41, 5.74) is -1.87. The molecule has 0 aliphatic heterocycles. The maximum absolute atomic E-state index is 14.4. The number of para-hydroxylation sites is 5. The second-order valence-corrected chi connectivity index (χ2v) is 13.8. The molecule has 0 spiro atoms. The van der Waals surface area contributed by atoms with Gasteiger partial charge in [-0.05, 0) is 73.5 Å². The Morgan fingerprint density at radius 3 is 1.23 bits per heavy atom. The Balaban J connectivity index is 1.36. The normalized spacial score (nSPS) is 11.2. The number of rotatable bonds is 21. The number of hydrogen-bond acceptors (Lipinski definition) is 12. The average molecular weight is 846 g/mol. The fourth-order valence-corrected chi connectivity index (χ4v) is 5.86. The van der Waals surface area contributed by atoms with Crippen molar-refractivity contribution in [1.29, 1.82) is 0 Å². The van der Waals surface area contributed by atoms with E-state index in [2.05, 4.69) is 16.0 Å². The Bertz CT molecular complexity index is 2040. The lowest BCUT2D eigenvalue weighted by molar-refractivity contribution is -0.164. The van der Waals surface area contributed by atoms with Crippen LogP contribution in [0, 0.1) is 0 Å². The first-order chi connectivity index (χ1) is 30.1. The number of esters is 3. The number of unbranched alkanes of at least 4 members (excludes halogenated alkanes) is 2. The van der Waals surface area contributed by atoms with Crippen LogP contribution in [-0.2, 0) is 19.1 Å². The minimum Gasteiger partial charge on any atom is -0.454 e. The summed E-state index contributed by atoms with van der Waals surface area (Å²) in [5, 5.41) is 7.74. The van der Waals surface area contributed by atoms with Gasteiger partial charge in [-0.15, -0.1) is 0 Å². The van der Waals surface area contributed by atoms with E-state index < -0.39 is 60.9 Å². The first-order valence-corrected chi connectivity index (χ1v) is 19.9. The number of nitrogens with one attached hydrogen (secondary N) is 3. The highest BCUT2D eigenvalue weighted by molar-refractivity contribution is 5.83. The summed E-state index contributed by atoms with van der Waals surface area (Å²) < 4.78 is 33.3. The molecule has 3 amide bonds. The van der Waals surface area contributed by atoms with Crippen LogP contribution in [0.4, 0.5) is 14.4 Å². The molecular formula is C47H47N3O12. The summed E-state index contributed by atoms with van der Waals surface area (Å²) in [5.74, 6) is -0.774. The highest BCUT2D eigenvalue weighted by Crippen LogP contribution is 2.23. The Morgan fingerprint density at radius 1 is 0.435 bits per heavy atom. The number of ether oxygens (including phenoxy) is 6. The summed E-state index contributed by atoms with van der Waals surface area (Å²) >= 11 is 0. The Hall–Kier alpha value is -7.68. The molecule has 0 saturated heterocycles. The van der Waals surface area contributed by atoms with Crippen molar-refractivity contribution in [2.75, 3.05) is 13.1 Å². The molecule has 0 aromatic heterocycles. The summed E-state index contributed by atoms with van der Waals surface area (Å²) in [6.45, 7) is -0.974. The van der Waals surface area contributed by atoms with E-state index >= 15 is 0 Å². The lowest BCUT2D eigenvalue weighted by atomic mass is 9.96. The molecule has 1 atom stereocenters. The zero-order valence-electron chi connectivity index (χ0n) is 33.8. The van der Waals surface area contributed by atoms with Crippen LogP contribution in [0.2, 0.25) is 0 Å². The van der Waals surface area contributed by atoms with Crippen molar-refractivity contribution in [3.05, 3.63) is 152 Å². The molecule has 5 aromatic rings. The zero-order chi connectivity index (χ0) is 43.8. The van der Waals surface area contributed by atoms with Gasteiger partial charge in [-0.25, -0.2) is 19.2 Å². The molecule has 0 aliphatic rings. The third kappa shape index (κ3) is 16.5. The van der Waals surface area contributed by atoms with E-state index in [-0.39, 0.29) is 48.7 Å². The summed E-state index contributed by atoms with van der Waals surface area (Å²) in [4.78, 5) is 79.5. The van der Waals surface area contributed by atoms with Crippen LogP contribution in [0.15, 0.2) is 152 Å². The number of carbonyl (C=O) groups is 6. The molecule has 5 rings (SSSR count). The highest BCUT2D eigenvalue weighted by atomic mass is 16.6. The maximum Gasteiger partial charge on any atom is 0.413 e. The van der Waals surface area contributed by atoms with E-state index in [0.717, 1.165) is 0 Å². The minimum absolute atomic E-state index is 0.0234. The van der Waals surface area contributed by atoms with Gasteiger partial charge in [0.15, 0.2) is 0 Å². The van der Waals surface area contributed by atoms with Crippen molar-refractivity contribution >= 4 is 36.2 Å². The van der Waals surface area contributed by atoms with Crippen molar-refractivity contribution in [2.45, 2.75) is 56.6 Å². The van der Waals surface area contributed by atoms with Gasteiger partial charge in [0, 0.05) is 19.3 Å². The molecule has 0 heterocycles. The van der Waals surface area contributed by atoms with Crippen molar-refractivity contribution < 1.29 is 57.2 Å². The van der Waals surface area contributed by atoms with Crippen LogP contribution < -0.4 is 39.6 Å². The average Bonchev–Trinajstić information content (AvgIpc) is 3.28. The largest absolute Gasteiger partial charge is 0.454 e. The van der Waals surface area contributed by atoms with Crippen molar-refractivity contribution in [2.24, 2.45) is 0 Å². The Morgan fingerprint density at radius 2 is 0.806 bits per heavy atom. The van der Waals surface area contributed by atoms with Gasteiger partial charge in [0.2, 0.25) is 0 Å². The lowest BCUT2D eigenvalue weighted by Gasteiger charge is -2.35. The van der Waals surface area contributed by atoms with Crippen molar-refractivity contribution in [3.63, 3.8) is 0 Å². The van der Waals surface area contributed by atoms with Gasteiger partial charge in [-0.3, -0.25) is 9.59 Å². The number of carbonyl (C=O) groups excluding carboxylic acids is 6. The molecule has 3 N–H and O–H groups in total. The molecule has 0 radical (unpaired) electrons. The standard InChI is InChI=1S/C47H47N3O12/c51-41(57-35-19-7-1-8-20-35)30-18-6-17-29-40(50-46(56)61-39-27-15-5-16-28-39)43(53)62-47(32-31-42(52)58-36-21-9-2-10-22-36,33-48-44(54)59-37-23-11-3-12-24-37)34-49-45(55)60-38-25-13-4-14-26-38/h1-5,7-16,19-28,40H,6,17-18,29-34H2,(H,48,54)(H,49,55)(H,50,56). The van der Waals surface area contributed by atoms with E-state index in [1.54, 1.807) is 152 Å². The van der Waals surface area contributed by atoms with Crippen molar-refractivity contribution in [3.8, 4) is 28.7 Å². The van der Waals surface area contributed by atoms with Crippen LogP contribution in [0.25, 0.3) is 0 Å². The second-order valence-electron chi connectivity index (χ2n) is 13.8. The zero-order valence-corrected chi connectivity index (χ0v) is 33.8. The third-order valence-electron chi connectivity index (χ3n) is 8.97. The lowest BCUT2D eigenvalue weighted by Crippen LogP contribution is -2.56. The molecule has 0 bridgehead atoms. The first kappa shape index (κ1) is 45.4. The minimum atomic E-state index is -1.87. The summed E-state index contributed by atoms with van der Waals surface area (Å²) in [6, 6.07) is 40.2. The third-order valence-corrected chi connectivity index (χ3v) is 8.97. The predicted molar refractivity (Wildman–Crippen MR) is 226 cm³/mol. The molecule has 0 aliphatic carbocycles. The SMILES string of the molecule is O=C(CCCCCC(NC(=O)Oc1ccccc1)C(=O)OC(CCC(=O)Oc1ccccc1)(CNC(=O)Oc1ccccc1)CNC(=O)Oc1ccccc1)Oc1ccccc1. The molecule has 0 fully saturated rings. The van der Waals surface area contributed by atoms with Crippen LogP contribution in [-0.4, -0.2) is 60.9 Å². The summed E-state index contributed by atoms with van der Waals surface area (Å²) in [7, 11) is 0. The molecule has 5 aromatic carbocycles. The molecule has 0 saturated carbocycles. The van der Waals surface area contributed by atoms with Crippen LogP contribution >= 0.6 is 0 Å². The fraction of sp³-hybridized carbons (Fsp3) is 0.234. The molecule has 322 valence electrons. The number of amides is 3. The second kappa shape index (κ2) is 24.4. The van der Waals surface area contributed by atoms with E-state index in [9.17, 15) is 28.8 Å². The predicted octanol–water partition coefficient (Wildman–Crippen LogP) is 7.94. The highest BCUT2D eigenvalue weighted by Gasteiger charge is 2.39. The van der Waals surface area contributed by atoms with E-state index in [4.69, 9.17) is 28.4 Å². The smallest absolute Gasteiger partial charge is 0.413 e. The topological polar surface area (TPSA) is 194 Å². The molecule has 62 heavy (non-hydrogen) atoms. The van der Waals surface area contributed by atoms with Crippen LogP contribution in [0.5, 0.6) is 28.7 Å². The molecule has 15 nitrogen and oxygen atoms in total. The van der Waals surface area contributed by atoms with Gasteiger partial charge < -0.3 is 44.4 Å². The van der Waals surface area contributed by atoms with Crippen LogP contribution in [0.1, 0.15) is 44.9 Å². The van der Waals surface area contributed by atoms with E-state index in [0.29, 0.717) is 25.0 Å². The Labute approximate surface area is 358 Å². The molecular weight excluding hydrogens is 799 g/mol. The van der Waals surface area contributed by atoms with Crippen LogP contribution in [0.3, 0.4) is 0 Å².